The average Bonchev–Trinajstić information content (AvgIpc) is 2.38. The highest BCUT2D eigenvalue weighted by Crippen LogP contribution is 2.37. The first-order valence-electron chi connectivity index (χ1n) is 9.65. The number of carbonyl (C=O) groups excluding carboxylic acids is 1. The van der Waals surface area contributed by atoms with Crippen LogP contribution < -0.4 is 0 Å². The number of hydrogen-bond donors (Lipinski definition) is 1. The second-order valence-electron chi connectivity index (χ2n) is 10.0. The second-order valence-corrected chi connectivity index (χ2v) is 20.4. The fraction of sp³-hybridized carbons (Fsp3) is 0.947. The van der Waals surface area contributed by atoms with Crippen molar-refractivity contribution >= 4 is 22.2 Å². The molecule has 7 heteroatoms. The van der Waals surface area contributed by atoms with Crippen molar-refractivity contribution in [3.05, 3.63) is 0 Å². The molecule has 2 atom stereocenters. The topological polar surface area (TPSA) is 65.0 Å². The minimum absolute atomic E-state index is 0.0147. The molecule has 0 aromatic heterocycles. The van der Waals surface area contributed by atoms with Gasteiger partial charge in [0.05, 0.1) is 18.8 Å². The molecule has 0 unspecified atom stereocenters. The Hall–Kier alpha value is -0.0562. The van der Waals surface area contributed by atoms with Gasteiger partial charge in [0, 0.05) is 27.5 Å². The first kappa shape index (κ1) is 25.9. The van der Waals surface area contributed by atoms with Crippen LogP contribution in [0, 0.1) is 0 Å². The van der Waals surface area contributed by atoms with Gasteiger partial charge in [-0.05, 0) is 31.1 Å². The van der Waals surface area contributed by atoms with Crippen molar-refractivity contribution in [3.63, 3.8) is 0 Å². The third kappa shape index (κ3) is 12.4. The molecule has 0 saturated heterocycles. The third-order valence-corrected chi connectivity index (χ3v) is 11.0. The summed E-state index contributed by atoms with van der Waals surface area (Å²) in [5.74, 6) is -0.0147. The van der Waals surface area contributed by atoms with E-state index in [9.17, 15) is 9.90 Å². The van der Waals surface area contributed by atoms with Crippen LogP contribution in [0.25, 0.3) is 0 Å². The Morgan fingerprint density at radius 3 is 2.12 bits per heavy atom. The average molecular weight is 407 g/mol. The fourth-order valence-corrected chi connectivity index (χ4v) is 4.25. The zero-order chi connectivity index (χ0) is 20.6. The molecule has 0 aliphatic heterocycles. The lowest BCUT2D eigenvalue weighted by Gasteiger charge is -2.39. The molecule has 0 heterocycles. The van der Waals surface area contributed by atoms with E-state index in [0.29, 0.717) is 13.0 Å². The third-order valence-electron chi connectivity index (χ3n) is 4.79. The lowest BCUT2D eigenvalue weighted by atomic mass is 10.1. The lowest BCUT2D eigenvalue weighted by molar-refractivity contribution is -0.119. The van der Waals surface area contributed by atoms with Gasteiger partial charge in [0.2, 0.25) is 0 Å². The van der Waals surface area contributed by atoms with Gasteiger partial charge in [-0.1, -0.05) is 40.4 Å². The minimum Gasteiger partial charge on any atom is -0.411 e. The monoisotopic (exact) mass is 406 g/mol. The van der Waals surface area contributed by atoms with E-state index in [-0.39, 0.29) is 30.1 Å². The van der Waals surface area contributed by atoms with Gasteiger partial charge >= 0.3 is 0 Å². The molecule has 156 valence electrons. The van der Waals surface area contributed by atoms with Crippen molar-refractivity contribution in [3.8, 4) is 0 Å². The molecule has 0 aromatic carbocycles. The minimum atomic E-state index is -1.99. The summed E-state index contributed by atoms with van der Waals surface area (Å²) in [6.45, 7) is 20.7. The highest BCUT2D eigenvalue weighted by molar-refractivity contribution is 6.76. The van der Waals surface area contributed by atoms with Crippen LogP contribution in [0.1, 0.15) is 40.5 Å². The predicted molar refractivity (Wildman–Crippen MR) is 113 cm³/mol. The maximum atomic E-state index is 11.3. The number of ketones is 1. The highest BCUT2D eigenvalue weighted by atomic mass is 28.4. The van der Waals surface area contributed by atoms with Gasteiger partial charge in [-0.3, -0.25) is 4.79 Å². The van der Waals surface area contributed by atoms with Crippen molar-refractivity contribution in [2.45, 2.75) is 96.6 Å². The first-order chi connectivity index (χ1) is 11.6. The number of carbonyl (C=O) groups is 1. The summed E-state index contributed by atoms with van der Waals surface area (Å²) in [4.78, 5) is 11.3. The molecule has 0 aliphatic rings. The first-order valence-corrected chi connectivity index (χ1v) is 16.3. The Bertz CT molecular complexity index is 413. The number of Topliss-reactive ketones (excluding diaryl/α,β-unsaturated/α-hetero) is 1. The zero-order valence-electron chi connectivity index (χ0n) is 18.5. The summed E-state index contributed by atoms with van der Waals surface area (Å²) >= 11 is 0. The van der Waals surface area contributed by atoms with Gasteiger partial charge in [0.15, 0.2) is 8.32 Å². The number of aliphatic hydroxyl groups excluding tert-OH is 1. The summed E-state index contributed by atoms with van der Waals surface area (Å²) in [6.07, 6.45) is -0.366. The molecular weight excluding hydrogens is 364 g/mol. The van der Waals surface area contributed by atoms with Crippen molar-refractivity contribution in [1.82, 2.24) is 0 Å². The molecule has 1 N–H and O–H groups in total. The number of hydrogen-bond acceptors (Lipinski definition) is 5. The van der Waals surface area contributed by atoms with Crippen LogP contribution in [0.3, 0.4) is 0 Å². The molecule has 0 rings (SSSR count). The van der Waals surface area contributed by atoms with E-state index in [0.717, 1.165) is 12.7 Å². The summed E-state index contributed by atoms with van der Waals surface area (Å²) in [5.41, 5.74) is 0. The lowest BCUT2D eigenvalue weighted by Crippen LogP contribution is -2.46. The smallest absolute Gasteiger partial charge is 0.192 e. The van der Waals surface area contributed by atoms with E-state index in [2.05, 4.69) is 53.5 Å². The van der Waals surface area contributed by atoms with Crippen LogP contribution in [0.2, 0.25) is 43.8 Å². The molecule has 0 amide bonds. The maximum Gasteiger partial charge on any atom is 0.192 e. The Morgan fingerprint density at radius 1 is 1.08 bits per heavy atom. The van der Waals surface area contributed by atoms with E-state index in [1.54, 1.807) is 0 Å². The Balaban J connectivity index is 4.57. The van der Waals surface area contributed by atoms with E-state index in [1.165, 1.54) is 6.92 Å². The Kier molecular flexibility index (Phi) is 11.0. The molecular formula is C19H42O5Si2. The van der Waals surface area contributed by atoms with Gasteiger partial charge in [-0.15, -0.1) is 0 Å². The fourth-order valence-electron chi connectivity index (χ4n) is 2.14. The van der Waals surface area contributed by atoms with Gasteiger partial charge in [0.1, 0.15) is 12.6 Å². The second kappa shape index (κ2) is 11.1. The maximum absolute atomic E-state index is 11.3. The van der Waals surface area contributed by atoms with Crippen molar-refractivity contribution in [1.29, 1.82) is 0 Å². The summed E-state index contributed by atoms with van der Waals surface area (Å²) in [7, 11) is -3.08. The van der Waals surface area contributed by atoms with E-state index < -0.39 is 22.5 Å². The quantitative estimate of drug-likeness (QED) is 0.278. The van der Waals surface area contributed by atoms with Gasteiger partial charge in [-0.2, -0.15) is 0 Å². The van der Waals surface area contributed by atoms with E-state index in [1.807, 2.05) is 0 Å². The summed E-state index contributed by atoms with van der Waals surface area (Å²) in [6, 6.07) is 1.11. The zero-order valence-corrected chi connectivity index (χ0v) is 20.5. The number of aliphatic hydroxyl groups is 1. The van der Waals surface area contributed by atoms with Gasteiger partial charge in [-0.25, -0.2) is 0 Å². The van der Waals surface area contributed by atoms with Crippen LogP contribution in [-0.4, -0.2) is 59.5 Å². The summed E-state index contributed by atoms with van der Waals surface area (Å²) < 4.78 is 17.7. The normalized spacial score (nSPS) is 15.8. The van der Waals surface area contributed by atoms with Gasteiger partial charge < -0.3 is 19.0 Å². The molecule has 5 nitrogen and oxygen atoms in total. The standard InChI is InChI=1S/C19H42O5Si2/c1-16(20)12-17(21)13-18(24-26(8,9)19(2,3)4)14-23-15-22-10-11-25(5,6)7/h17-18,21H,10-15H2,1-9H3/t17-,18-/m1/s1. The molecule has 0 saturated carbocycles. The molecule has 0 radical (unpaired) electrons. The number of rotatable bonds is 13. The highest BCUT2D eigenvalue weighted by Gasteiger charge is 2.39. The Labute approximate surface area is 162 Å². The van der Waals surface area contributed by atoms with Crippen molar-refractivity contribution in [2.75, 3.05) is 20.0 Å². The Morgan fingerprint density at radius 2 is 1.65 bits per heavy atom. The number of ether oxygens (including phenoxy) is 2. The van der Waals surface area contributed by atoms with E-state index >= 15 is 0 Å². The predicted octanol–water partition coefficient (Wildman–Crippen LogP) is 4.44. The molecule has 26 heavy (non-hydrogen) atoms. The van der Waals surface area contributed by atoms with Crippen LogP contribution >= 0.6 is 0 Å². The van der Waals surface area contributed by atoms with Crippen LogP contribution in [-0.2, 0) is 18.7 Å². The summed E-state index contributed by atoms with van der Waals surface area (Å²) in [5, 5.41) is 10.2. The van der Waals surface area contributed by atoms with Crippen molar-refractivity contribution < 1.29 is 23.8 Å². The van der Waals surface area contributed by atoms with Crippen LogP contribution in [0.15, 0.2) is 0 Å². The molecule has 0 bridgehead atoms. The molecule has 0 aliphatic carbocycles. The molecule has 0 spiro atoms. The largest absolute Gasteiger partial charge is 0.411 e. The van der Waals surface area contributed by atoms with Crippen LogP contribution in [0.4, 0.5) is 0 Å². The molecule has 0 aromatic rings. The van der Waals surface area contributed by atoms with E-state index in [4.69, 9.17) is 13.9 Å². The van der Waals surface area contributed by atoms with Crippen LogP contribution in [0.5, 0.6) is 0 Å². The van der Waals surface area contributed by atoms with Crippen molar-refractivity contribution in [2.24, 2.45) is 0 Å². The SMILES string of the molecule is CC(=O)C[C@@H](O)C[C@H](COCOCC[Si](C)(C)C)O[Si](C)(C)C(C)(C)C. The van der Waals surface area contributed by atoms with Gasteiger partial charge in [0.25, 0.3) is 0 Å². The molecule has 0 fully saturated rings.